The van der Waals surface area contributed by atoms with E-state index < -0.39 is 10.0 Å². The van der Waals surface area contributed by atoms with Crippen molar-refractivity contribution < 1.29 is 8.42 Å². The summed E-state index contributed by atoms with van der Waals surface area (Å²) in [6, 6.07) is 7.40. The van der Waals surface area contributed by atoms with Crippen molar-refractivity contribution in [3.8, 4) is 12.3 Å². The Bertz CT molecular complexity index is 553. The third-order valence-electron chi connectivity index (χ3n) is 2.23. The SMILES string of the molecule is C#CCSCCNS(=O)(=O)CCSc1cccc(N)c1. The number of hydrogen-bond donors (Lipinski definition) is 2. The molecule has 0 aliphatic heterocycles. The summed E-state index contributed by atoms with van der Waals surface area (Å²) >= 11 is 3.01. The first-order valence-electron chi connectivity index (χ1n) is 6.00. The lowest BCUT2D eigenvalue weighted by Crippen LogP contribution is -2.29. The molecule has 0 aromatic heterocycles. The summed E-state index contributed by atoms with van der Waals surface area (Å²) in [6.07, 6.45) is 5.11. The molecule has 0 saturated heterocycles. The molecular formula is C13H18N2O2S3. The van der Waals surface area contributed by atoms with E-state index >= 15 is 0 Å². The zero-order valence-electron chi connectivity index (χ0n) is 11.0. The first-order chi connectivity index (χ1) is 9.53. The van der Waals surface area contributed by atoms with Crippen molar-refractivity contribution in [2.45, 2.75) is 4.90 Å². The number of thioether (sulfide) groups is 2. The third kappa shape index (κ3) is 7.70. The molecule has 0 fully saturated rings. The Kier molecular flexibility index (Phi) is 7.92. The van der Waals surface area contributed by atoms with Crippen molar-refractivity contribution in [2.24, 2.45) is 0 Å². The van der Waals surface area contributed by atoms with E-state index in [0.29, 0.717) is 29.5 Å². The zero-order chi connectivity index (χ0) is 14.8. The van der Waals surface area contributed by atoms with E-state index in [-0.39, 0.29) is 5.75 Å². The van der Waals surface area contributed by atoms with Gasteiger partial charge in [-0.2, -0.15) is 0 Å². The van der Waals surface area contributed by atoms with E-state index in [9.17, 15) is 8.42 Å². The van der Waals surface area contributed by atoms with Gasteiger partial charge in [0.2, 0.25) is 10.0 Å². The standard InChI is InChI=1S/C13H18N2O2S3/c1-2-7-18-8-6-15-20(16,17)10-9-19-13-5-3-4-12(14)11-13/h1,3-5,11,15H,6-10,14H2. The number of terminal acetylenes is 1. The molecule has 7 heteroatoms. The van der Waals surface area contributed by atoms with Crippen LogP contribution >= 0.6 is 23.5 Å². The highest BCUT2D eigenvalue weighted by Gasteiger charge is 2.09. The lowest BCUT2D eigenvalue weighted by molar-refractivity contribution is 0.586. The Balaban J connectivity index is 2.24. The average Bonchev–Trinajstić information content (AvgIpc) is 2.38. The second-order valence-corrected chi connectivity index (χ2v) is 8.09. The van der Waals surface area contributed by atoms with Gasteiger partial charge in [0.15, 0.2) is 0 Å². The van der Waals surface area contributed by atoms with Gasteiger partial charge in [-0.3, -0.25) is 0 Å². The van der Waals surface area contributed by atoms with Crippen molar-refractivity contribution in [3.05, 3.63) is 24.3 Å². The fourth-order valence-corrected chi connectivity index (χ4v) is 4.38. The Morgan fingerprint density at radius 2 is 2.15 bits per heavy atom. The molecule has 0 aliphatic carbocycles. The molecule has 0 radical (unpaired) electrons. The fraction of sp³-hybridized carbons (Fsp3) is 0.385. The molecule has 1 aromatic carbocycles. The smallest absolute Gasteiger partial charge is 0.212 e. The number of hydrogen-bond acceptors (Lipinski definition) is 5. The molecule has 110 valence electrons. The van der Waals surface area contributed by atoms with Crippen molar-refractivity contribution in [3.63, 3.8) is 0 Å². The molecule has 0 bridgehead atoms. The number of nitrogens with one attached hydrogen (secondary N) is 1. The van der Waals surface area contributed by atoms with Crippen LogP contribution in [-0.4, -0.2) is 38.0 Å². The number of nitrogens with two attached hydrogens (primary N) is 1. The second kappa shape index (κ2) is 9.19. The third-order valence-corrected chi connectivity index (χ3v) is 5.74. The maximum atomic E-state index is 11.7. The van der Waals surface area contributed by atoms with Gasteiger partial charge in [0, 0.05) is 28.6 Å². The van der Waals surface area contributed by atoms with Gasteiger partial charge in [0.25, 0.3) is 0 Å². The van der Waals surface area contributed by atoms with Crippen LogP contribution in [0.3, 0.4) is 0 Å². The number of sulfonamides is 1. The van der Waals surface area contributed by atoms with Crippen LogP contribution in [0.4, 0.5) is 5.69 Å². The minimum Gasteiger partial charge on any atom is -0.399 e. The van der Waals surface area contributed by atoms with Crippen LogP contribution in [0.1, 0.15) is 0 Å². The highest BCUT2D eigenvalue weighted by molar-refractivity contribution is 8.00. The molecule has 0 heterocycles. The highest BCUT2D eigenvalue weighted by atomic mass is 32.2. The molecule has 0 unspecified atom stereocenters. The average molecular weight is 330 g/mol. The van der Waals surface area contributed by atoms with Gasteiger partial charge in [-0.05, 0) is 18.2 Å². The topological polar surface area (TPSA) is 72.2 Å². The van der Waals surface area contributed by atoms with Crippen molar-refractivity contribution >= 4 is 39.2 Å². The van der Waals surface area contributed by atoms with Gasteiger partial charge in [-0.25, -0.2) is 13.1 Å². The van der Waals surface area contributed by atoms with E-state index in [1.165, 1.54) is 23.5 Å². The molecule has 0 spiro atoms. The zero-order valence-corrected chi connectivity index (χ0v) is 13.5. The van der Waals surface area contributed by atoms with Crippen LogP contribution in [0.15, 0.2) is 29.2 Å². The molecule has 0 amide bonds. The summed E-state index contributed by atoms with van der Waals surface area (Å²) < 4.78 is 26.0. The molecule has 0 saturated carbocycles. The molecule has 3 N–H and O–H groups in total. The summed E-state index contributed by atoms with van der Waals surface area (Å²) in [4.78, 5) is 0.977. The molecule has 1 rings (SSSR count). The summed E-state index contributed by atoms with van der Waals surface area (Å²) in [5.74, 6) is 4.37. The number of benzene rings is 1. The van der Waals surface area contributed by atoms with Gasteiger partial charge in [-0.15, -0.1) is 29.9 Å². The fourth-order valence-electron chi connectivity index (χ4n) is 1.35. The predicted molar refractivity (Wildman–Crippen MR) is 89.5 cm³/mol. The monoisotopic (exact) mass is 330 g/mol. The number of anilines is 1. The van der Waals surface area contributed by atoms with Crippen LogP contribution < -0.4 is 10.5 Å². The van der Waals surface area contributed by atoms with E-state index in [4.69, 9.17) is 12.2 Å². The summed E-state index contributed by atoms with van der Waals surface area (Å²) in [7, 11) is -3.22. The van der Waals surface area contributed by atoms with Crippen LogP contribution in [-0.2, 0) is 10.0 Å². The minimum absolute atomic E-state index is 0.0896. The van der Waals surface area contributed by atoms with Gasteiger partial charge in [-0.1, -0.05) is 12.0 Å². The highest BCUT2D eigenvalue weighted by Crippen LogP contribution is 2.20. The summed E-state index contributed by atoms with van der Waals surface area (Å²) in [5, 5.41) is 0. The maximum Gasteiger partial charge on any atom is 0.212 e. The van der Waals surface area contributed by atoms with E-state index in [2.05, 4.69) is 10.6 Å². The molecule has 0 aliphatic rings. The van der Waals surface area contributed by atoms with Crippen molar-refractivity contribution in [1.29, 1.82) is 0 Å². The molecule has 4 nitrogen and oxygen atoms in total. The predicted octanol–water partition coefficient (Wildman–Crippen LogP) is 1.65. The van der Waals surface area contributed by atoms with Gasteiger partial charge >= 0.3 is 0 Å². The first-order valence-corrected chi connectivity index (χ1v) is 9.79. The first kappa shape index (κ1) is 17.2. The molecule has 20 heavy (non-hydrogen) atoms. The number of rotatable bonds is 9. The van der Waals surface area contributed by atoms with Crippen LogP contribution in [0.2, 0.25) is 0 Å². The van der Waals surface area contributed by atoms with Crippen LogP contribution in [0, 0.1) is 12.3 Å². The Labute approximate surface area is 129 Å². The van der Waals surface area contributed by atoms with E-state index in [0.717, 1.165) is 4.90 Å². The Morgan fingerprint density at radius 1 is 1.35 bits per heavy atom. The number of nitrogen functional groups attached to an aromatic ring is 1. The van der Waals surface area contributed by atoms with Gasteiger partial charge in [0.05, 0.1) is 11.5 Å². The summed E-state index contributed by atoms with van der Waals surface area (Å²) in [5.41, 5.74) is 6.34. The van der Waals surface area contributed by atoms with E-state index in [1.807, 2.05) is 18.2 Å². The Hall–Kier alpha value is -0.810. The molecule has 1 aromatic rings. The van der Waals surface area contributed by atoms with Crippen molar-refractivity contribution in [1.82, 2.24) is 4.72 Å². The lowest BCUT2D eigenvalue weighted by atomic mass is 10.3. The van der Waals surface area contributed by atoms with Crippen LogP contribution in [0.25, 0.3) is 0 Å². The second-order valence-electron chi connectivity index (χ2n) is 3.89. The molecule has 0 atom stereocenters. The van der Waals surface area contributed by atoms with E-state index in [1.54, 1.807) is 6.07 Å². The van der Waals surface area contributed by atoms with Gasteiger partial charge < -0.3 is 5.73 Å². The quantitative estimate of drug-likeness (QED) is 0.312. The van der Waals surface area contributed by atoms with Crippen LogP contribution in [0.5, 0.6) is 0 Å². The van der Waals surface area contributed by atoms with Crippen molar-refractivity contribution in [2.75, 3.05) is 35.3 Å². The molecular weight excluding hydrogens is 312 g/mol. The normalized spacial score (nSPS) is 11.2. The minimum atomic E-state index is -3.22. The summed E-state index contributed by atoms with van der Waals surface area (Å²) in [6.45, 7) is 0.414. The Morgan fingerprint density at radius 3 is 2.85 bits per heavy atom. The lowest BCUT2D eigenvalue weighted by Gasteiger charge is -2.06. The maximum absolute atomic E-state index is 11.7. The largest absolute Gasteiger partial charge is 0.399 e. The van der Waals surface area contributed by atoms with Gasteiger partial charge in [0.1, 0.15) is 0 Å².